The summed E-state index contributed by atoms with van der Waals surface area (Å²) in [6.07, 6.45) is 30.2. The van der Waals surface area contributed by atoms with Gasteiger partial charge >= 0.3 is 5.97 Å². The van der Waals surface area contributed by atoms with Crippen molar-refractivity contribution < 1.29 is 9.53 Å². The van der Waals surface area contributed by atoms with Crippen LogP contribution < -0.4 is 21.7 Å². The van der Waals surface area contributed by atoms with Gasteiger partial charge in [-0.05, 0) is 83.5 Å². The second-order valence-electron chi connectivity index (χ2n) is 10.3. The molecule has 0 aromatic carbocycles. The Morgan fingerprint density at radius 3 is 1.63 bits per heavy atom. The van der Waals surface area contributed by atoms with E-state index in [9.17, 15) is 4.79 Å². The summed E-state index contributed by atoms with van der Waals surface area (Å²) in [6, 6.07) is 0. The van der Waals surface area contributed by atoms with Crippen LogP contribution in [0.2, 0.25) is 0 Å². The highest BCUT2D eigenvalue weighted by molar-refractivity contribution is 5.72. The first-order valence-corrected chi connectivity index (χ1v) is 14.8. The number of esters is 1. The Bertz CT molecular complexity index is 567. The summed E-state index contributed by atoms with van der Waals surface area (Å²) < 4.78 is 6.10. The van der Waals surface area contributed by atoms with Gasteiger partial charge in [-0.3, -0.25) is 26.5 Å². The van der Waals surface area contributed by atoms with Crippen LogP contribution in [0, 0.1) is 5.92 Å². The van der Waals surface area contributed by atoms with Crippen molar-refractivity contribution in [1.29, 1.82) is 0 Å². The van der Waals surface area contributed by atoms with Gasteiger partial charge in [-0.15, -0.1) is 0 Å². The van der Waals surface area contributed by atoms with E-state index < -0.39 is 0 Å². The molecule has 2 aliphatic heterocycles. The first-order valence-electron chi connectivity index (χ1n) is 14.8. The lowest BCUT2D eigenvalue weighted by molar-refractivity contribution is -0.154. The molecular weight excluding hydrogens is 436 g/mol. The molecule has 0 saturated heterocycles. The third kappa shape index (κ3) is 17.0. The Morgan fingerprint density at radius 2 is 1.03 bits per heavy atom. The molecule has 0 radical (unpaired) electrons. The quantitative estimate of drug-likeness (QED) is 0.287. The number of carbonyl (C=O) groups is 1. The van der Waals surface area contributed by atoms with Crippen LogP contribution in [0.25, 0.3) is 0 Å². The maximum Gasteiger partial charge on any atom is 0.310 e. The minimum Gasteiger partial charge on any atom is -0.461 e. The van der Waals surface area contributed by atoms with Crippen LogP contribution in [0.5, 0.6) is 0 Å². The maximum atomic E-state index is 13.2. The lowest BCUT2D eigenvalue weighted by Crippen LogP contribution is -2.43. The third-order valence-corrected chi connectivity index (χ3v) is 7.04. The molecule has 2 aliphatic rings. The molecule has 6 nitrogen and oxygen atoms in total. The zero-order chi connectivity index (χ0) is 24.7. The van der Waals surface area contributed by atoms with Crippen LogP contribution >= 0.6 is 0 Å². The van der Waals surface area contributed by atoms with E-state index in [1.165, 1.54) is 64.2 Å². The van der Waals surface area contributed by atoms with E-state index in [4.69, 9.17) is 4.74 Å². The Kier molecular flexibility index (Phi) is 18.9. The van der Waals surface area contributed by atoms with E-state index in [2.05, 4.69) is 46.0 Å². The lowest BCUT2D eigenvalue weighted by atomic mass is 10.0. The smallest absolute Gasteiger partial charge is 0.310 e. The predicted molar refractivity (Wildman–Crippen MR) is 147 cm³/mol. The molecule has 0 saturated carbocycles. The number of hydrazine groups is 2. The highest BCUT2D eigenvalue weighted by Crippen LogP contribution is 2.16. The molecule has 35 heavy (non-hydrogen) atoms. The largest absolute Gasteiger partial charge is 0.461 e. The predicted octanol–water partition coefficient (Wildman–Crippen LogP) is 5.86. The second-order valence-corrected chi connectivity index (χ2v) is 10.3. The summed E-state index contributed by atoms with van der Waals surface area (Å²) >= 11 is 0. The molecule has 0 bridgehead atoms. The number of hydrogen-bond acceptors (Lipinski definition) is 6. The number of rotatable bonds is 2. The Balaban J connectivity index is 1.84. The highest BCUT2D eigenvalue weighted by Gasteiger charge is 2.23. The van der Waals surface area contributed by atoms with Crippen molar-refractivity contribution in [2.45, 2.75) is 122 Å². The number of hydrogen-bond donors (Lipinski definition) is 4. The molecule has 2 atom stereocenters. The Morgan fingerprint density at radius 1 is 0.543 bits per heavy atom. The molecule has 0 aliphatic carbocycles. The average molecular weight is 491 g/mol. The Labute approximate surface area is 215 Å². The minimum atomic E-state index is -0.101. The van der Waals surface area contributed by atoms with E-state index >= 15 is 0 Å². The van der Waals surface area contributed by atoms with Gasteiger partial charge in [0, 0.05) is 26.2 Å². The topological polar surface area (TPSA) is 74.4 Å². The van der Waals surface area contributed by atoms with Crippen LogP contribution in [0.3, 0.4) is 0 Å². The van der Waals surface area contributed by atoms with E-state index in [1.807, 2.05) is 0 Å². The standard InChI is InChI=1S/C29H54N4O2/c34-29(27-21-17-13-9-5-1-3-7-11-15-19-23-30-32-25-27)35-28-22-18-14-10-6-2-4-8-12-16-20-24-31-33-26-28/h1-2,5-6,27-28,30-33H,3-4,7-26H2/b5-1+,6-2+. The van der Waals surface area contributed by atoms with E-state index in [0.29, 0.717) is 13.1 Å². The zero-order valence-corrected chi connectivity index (χ0v) is 22.3. The second kappa shape index (κ2) is 22.0. The summed E-state index contributed by atoms with van der Waals surface area (Å²) in [5, 5.41) is 0. The normalized spacial score (nSPS) is 28.5. The molecule has 2 rings (SSSR count). The maximum absolute atomic E-state index is 13.2. The van der Waals surface area contributed by atoms with Crippen LogP contribution in [0.4, 0.5) is 0 Å². The van der Waals surface area contributed by atoms with Crippen LogP contribution in [0.15, 0.2) is 24.3 Å². The fourth-order valence-corrected chi connectivity index (χ4v) is 4.74. The van der Waals surface area contributed by atoms with E-state index in [-0.39, 0.29) is 18.0 Å². The van der Waals surface area contributed by atoms with Gasteiger partial charge in [-0.2, -0.15) is 0 Å². The van der Waals surface area contributed by atoms with E-state index in [0.717, 1.165) is 64.5 Å². The van der Waals surface area contributed by atoms with Gasteiger partial charge in [-0.1, -0.05) is 56.4 Å². The van der Waals surface area contributed by atoms with Crippen molar-refractivity contribution in [2.75, 3.05) is 26.2 Å². The lowest BCUT2D eigenvalue weighted by Gasteiger charge is -2.23. The average Bonchev–Trinajstić information content (AvgIpc) is 2.85. The molecule has 4 N–H and O–H groups in total. The Hall–Kier alpha value is -1.21. The summed E-state index contributed by atoms with van der Waals surface area (Å²) in [7, 11) is 0. The fraction of sp³-hybridized carbons (Fsp3) is 0.828. The molecular formula is C29H54N4O2. The number of ether oxygens (including phenoxy) is 1. The number of allylic oxidation sites excluding steroid dienone is 4. The zero-order valence-electron chi connectivity index (χ0n) is 22.3. The van der Waals surface area contributed by atoms with Gasteiger partial charge in [-0.25, -0.2) is 0 Å². The summed E-state index contributed by atoms with van der Waals surface area (Å²) in [5.41, 5.74) is 13.3. The molecule has 0 fully saturated rings. The molecule has 0 aromatic heterocycles. The van der Waals surface area contributed by atoms with Crippen molar-refractivity contribution in [3.8, 4) is 0 Å². The van der Waals surface area contributed by atoms with Crippen LogP contribution in [0.1, 0.15) is 116 Å². The SMILES string of the molecule is O=C(OC1CCCC/C=C/CCCCCCNNC1)C1CCCC/C=C/CCCCCCNNC1. The van der Waals surface area contributed by atoms with Crippen molar-refractivity contribution in [1.82, 2.24) is 21.7 Å². The van der Waals surface area contributed by atoms with Crippen LogP contribution in [-0.4, -0.2) is 38.3 Å². The molecule has 0 spiro atoms. The molecule has 0 amide bonds. The van der Waals surface area contributed by atoms with Gasteiger partial charge in [0.05, 0.1) is 5.92 Å². The summed E-state index contributed by atoms with van der Waals surface area (Å²) in [4.78, 5) is 13.2. The summed E-state index contributed by atoms with van der Waals surface area (Å²) in [5.74, 6) is -0.146. The molecule has 0 aromatic rings. The fourth-order valence-electron chi connectivity index (χ4n) is 4.74. The van der Waals surface area contributed by atoms with Crippen molar-refractivity contribution in [3.05, 3.63) is 24.3 Å². The van der Waals surface area contributed by atoms with Gasteiger partial charge in [0.1, 0.15) is 6.10 Å². The van der Waals surface area contributed by atoms with Crippen molar-refractivity contribution in [3.63, 3.8) is 0 Å². The van der Waals surface area contributed by atoms with Gasteiger partial charge < -0.3 is 4.74 Å². The number of carbonyl (C=O) groups excluding carboxylic acids is 1. The number of nitrogens with one attached hydrogen (secondary N) is 4. The minimum absolute atomic E-state index is 0.0444. The summed E-state index contributed by atoms with van der Waals surface area (Å²) in [6.45, 7) is 3.22. The van der Waals surface area contributed by atoms with Gasteiger partial charge in [0.2, 0.25) is 0 Å². The molecule has 2 heterocycles. The third-order valence-electron chi connectivity index (χ3n) is 7.04. The van der Waals surface area contributed by atoms with Crippen LogP contribution in [-0.2, 0) is 9.53 Å². The van der Waals surface area contributed by atoms with Crippen molar-refractivity contribution >= 4 is 5.97 Å². The molecule has 6 heteroatoms. The first kappa shape index (κ1) is 30.0. The molecule has 202 valence electrons. The highest BCUT2D eigenvalue weighted by atomic mass is 16.5. The van der Waals surface area contributed by atoms with Gasteiger partial charge in [0.15, 0.2) is 0 Å². The monoisotopic (exact) mass is 490 g/mol. The van der Waals surface area contributed by atoms with E-state index in [1.54, 1.807) is 0 Å². The van der Waals surface area contributed by atoms with Crippen molar-refractivity contribution in [2.24, 2.45) is 5.92 Å². The first-order chi connectivity index (χ1) is 17.4. The van der Waals surface area contributed by atoms with Gasteiger partial charge in [0.25, 0.3) is 0 Å². The molecule has 2 unspecified atom stereocenters.